The molecule has 0 aliphatic carbocycles. The fraction of sp³-hybridized carbons (Fsp3) is 0.900. The molecular weight excluding hydrogens is 437 g/mol. The summed E-state index contributed by atoms with van der Waals surface area (Å²) in [7, 11) is 0. The zero-order valence-electron chi connectivity index (χ0n) is 19.1. The van der Waals surface area contributed by atoms with Crippen LogP contribution in [0.4, 0.5) is 9.59 Å². The van der Waals surface area contributed by atoms with Gasteiger partial charge in [0.25, 0.3) is 0 Å². The number of nitrogens with one attached hydrogen (secondary N) is 2. The molecule has 0 radical (unpaired) electrons. The van der Waals surface area contributed by atoms with Crippen molar-refractivity contribution >= 4 is 12.3 Å². The third kappa shape index (κ3) is 45.6. The van der Waals surface area contributed by atoms with Crippen LogP contribution in [0.25, 0.3) is 11.5 Å². The van der Waals surface area contributed by atoms with Gasteiger partial charge >= 0.3 is 16.8 Å². The fourth-order valence-corrected chi connectivity index (χ4v) is 2.64. The molecule has 184 valence electrons. The van der Waals surface area contributed by atoms with E-state index < -0.39 is 12.3 Å². The normalized spacial score (nSPS) is 9.40. The Balaban J connectivity index is -0.000000131. The quantitative estimate of drug-likeness (QED) is 0.359. The molecule has 0 unspecified atom stereocenters. The van der Waals surface area contributed by atoms with Crippen LogP contribution >= 0.6 is 0 Å². The molecule has 0 aromatic carbocycles. The average Bonchev–Trinajstić information content (AvgIpc) is 2.66. The monoisotopic (exact) mass is 479 g/mol. The Morgan fingerprint density at radius 2 is 0.767 bits per heavy atom. The number of unbranched alkanes of at least 4 members (excludes halogenated alkanes) is 4. The molecule has 0 amide bonds. The molecule has 0 bridgehead atoms. The van der Waals surface area contributed by atoms with E-state index in [0.29, 0.717) is 0 Å². The summed E-state index contributed by atoms with van der Waals surface area (Å²) >= 11 is 0. The van der Waals surface area contributed by atoms with Gasteiger partial charge in [0.15, 0.2) is 0 Å². The summed E-state index contributed by atoms with van der Waals surface area (Å²) in [5.41, 5.74) is 12.5. The summed E-state index contributed by atoms with van der Waals surface area (Å²) in [5, 5.41) is 33.3. The van der Waals surface area contributed by atoms with Crippen LogP contribution in [-0.4, -0.2) is 56.1 Å². The molecule has 10 heteroatoms. The Kier molecular flexibility index (Phi) is 42.8. The standard InChI is InChI=1S/C16H36N.C2H6N2.2CH2O3.Co/c1-5-9-13-17(14-10-6-2,15-11-7-3)16-12-8-4;3-1-2-4;2*2-1(3)4;/h5-16H2,1-4H3;3-4H,1-2H2;2*(H2,2,3,4);/q+1;-2;;;+3/p-4. The van der Waals surface area contributed by atoms with Crippen LogP contribution in [0, 0.1) is 0 Å². The summed E-state index contributed by atoms with van der Waals surface area (Å²) in [6.07, 6.45) is 6.39. The molecule has 0 heterocycles. The van der Waals surface area contributed by atoms with E-state index in [-0.39, 0.29) is 29.9 Å². The Labute approximate surface area is 193 Å². The molecule has 0 fully saturated rings. The number of carbonyl (C=O) groups excluding carboxylic acids is 2. The van der Waals surface area contributed by atoms with Crippen LogP contribution in [0.1, 0.15) is 79.1 Å². The van der Waals surface area contributed by atoms with Crippen LogP contribution in [0.2, 0.25) is 0 Å². The van der Waals surface area contributed by atoms with Gasteiger partial charge in [0, 0.05) is 0 Å². The Bertz CT molecular complexity index is 291. The number of carboxylic acid groups (broad SMARTS) is 4. The van der Waals surface area contributed by atoms with Crippen LogP contribution in [0.3, 0.4) is 0 Å². The second kappa shape index (κ2) is 32.6. The maximum absolute atomic E-state index is 8.33. The van der Waals surface area contributed by atoms with E-state index in [0.717, 1.165) is 0 Å². The van der Waals surface area contributed by atoms with Gasteiger partial charge < -0.3 is 46.0 Å². The number of hydrogen-bond acceptors (Lipinski definition) is 6. The summed E-state index contributed by atoms with van der Waals surface area (Å²) in [6.45, 7) is 15.5. The summed E-state index contributed by atoms with van der Waals surface area (Å²) in [5.74, 6) is 0. The van der Waals surface area contributed by atoms with Crippen molar-refractivity contribution in [2.75, 3.05) is 39.3 Å². The van der Waals surface area contributed by atoms with Crippen LogP contribution < -0.4 is 20.4 Å². The van der Waals surface area contributed by atoms with Crippen molar-refractivity contribution in [2.24, 2.45) is 0 Å². The zero-order valence-corrected chi connectivity index (χ0v) is 20.2. The van der Waals surface area contributed by atoms with Gasteiger partial charge in [-0.05, 0) is 38.0 Å². The van der Waals surface area contributed by atoms with Crippen molar-refractivity contribution in [3.63, 3.8) is 0 Å². The van der Waals surface area contributed by atoms with Crippen molar-refractivity contribution in [3.8, 4) is 0 Å². The van der Waals surface area contributed by atoms with E-state index in [1.54, 1.807) is 0 Å². The van der Waals surface area contributed by atoms with E-state index in [4.69, 9.17) is 41.5 Å². The average molecular weight is 480 g/mol. The van der Waals surface area contributed by atoms with Gasteiger partial charge in [0.05, 0.1) is 26.2 Å². The molecule has 0 aliphatic rings. The molecule has 0 aromatic rings. The first-order chi connectivity index (χ1) is 13.6. The first kappa shape index (κ1) is 39.4. The molecule has 0 rings (SSSR count). The molecule has 9 nitrogen and oxygen atoms in total. The molecular formula is C20H42CoN3O6-2. The van der Waals surface area contributed by atoms with E-state index >= 15 is 0 Å². The number of hydrogen-bond donors (Lipinski definition) is 0. The van der Waals surface area contributed by atoms with E-state index in [1.165, 1.54) is 82.0 Å². The molecule has 0 aliphatic heterocycles. The van der Waals surface area contributed by atoms with Gasteiger partial charge in [0.2, 0.25) is 0 Å². The Morgan fingerprint density at radius 3 is 0.867 bits per heavy atom. The second-order valence-corrected chi connectivity index (χ2v) is 6.65. The number of quaternary nitrogens is 1. The largest absolute Gasteiger partial charge is 3.00 e. The maximum Gasteiger partial charge on any atom is 3.00 e. The fourth-order valence-electron chi connectivity index (χ4n) is 2.64. The summed E-state index contributed by atoms with van der Waals surface area (Å²) in [6, 6.07) is 0. The number of rotatable bonds is 13. The SMILES string of the molecule is CCCC[N+](CCCC)(CCCC)CCCC.O=C([O-])[O-].O=C([O-])[O-].[Co+3].[NH-]CC[NH-]. The molecule has 30 heavy (non-hydrogen) atoms. The molecule has 0 saturated carbocycles. The van der Waals surface area contributed by atoms with Gasteiger partial charge in [-0.1, -0.05) is 53.4 Å². The second-order valence-electron chi connectivity index (χ2n) is 6.65. The topological polar surface area (TPSA) is 174 Å². The van der Waals surface area contributed by atoms with Crippen molar-refractivity contribution in [3.05, 3.63) is 11.5 Å². The number of carbonyl (C=O) groups is 2. The minimum Gasteiger partial charge on any atom is -0.679 e. The molecule has 0 aromatic heterocycles. The Hall–Kier alpha value is -1.07. The van der Waals surface area contributed by atoms with Crippen LogP contribution in [0.15, 0.2) is 0 Å². The van der Waals surface area contributed by atoms with Crippen molar-refractivity contribution in [1.29, 1.82) is 0 Å². The van der Waals surface area contributed by atoms with Crippen molar-refractivity contribution in [1.82, 2.24) is 0 Å². The molecule has 0 saturated heterocycles. The summed E-state index contributed by atoms with van der Waals surface area (Å²) < 4.78 is 1.42. The molecule has 0 atom stereocenters. The molecule has 2 N–H and O–H groups in total. The van der Waals surface area contributed by atoms with E-state index in [9.17, 15) is 0 Å². The van der Waals surface area contributed by atoms with Gasteiger partial charge in [0.1, 0.15) is 0 Å². The maximum atomic E-state index is 8.33. The van der Waals surface area contributed by atoms with Gasteiger partial charge in [-0.3, -0.25) is 0 Å². The zero-order chi connectivity index (χ0) is 23.6. The smallest absolute Gasteiger partial charge is 0.679 e. The van der Waals surface area contributed by atoms with Gasteiger partial charge in [-0.15, -0.1) is 0 Å². The van der Waals surface area contributed by atoms with E-state index in [2.05, 4.69) is 27.7 Å². The van der Waals surface area contributed by atoms with Gasteiger partial charge in [-0.25, -0.2) is 0 Å². The predicted octanol–water partition coefficient (Wildman–Crippen LogP) is 1.20. The van der Waals surface area contributed by atoms with Crippen LogP contribution in [0.5, 0.6) is 0 Å². The minimum atomic E-state index is -2.33. The van der Waals surface area contributed by atoms with Crippen molar-refractivity contribution < 1.29 is 51.3 Å². The van der Waals surface area contributed by atoms with E-state index in [1.807, 2.05) is 0 Å². The Morgan fingerprint density at radius 1 is 0.600 bits per heavy atom. The van der Waals surface area contributed by atoms with Crippen LogP contribution in [-0.2, 0) is 16.8 Å². The third-order valence-corrected chi connectivity index (χ3v) is 4.07. The first-order valence-corrected chi connectivity index (χ1v) is 10.5. The predicted molar refractivity (Wildman–Crippen MR) is 109 cm³/mol. The van der Waals surface area contributed by atoms with Gasteiger partial charge in [-0.2, -0.15) is 13.1 Å². The number of nitrogens with zero attached hydrogens (tertiary/aromatic N) is 1. The minimum absolute atomic E-state index is 0. The third-order valence-electron chi connectivity index (χ3n) is 4.07. The van der Waals surface area contributed by atoms with Crippen molar-refractivity contribution in [2.45, 2.75) is 79.1 Å². The molecule has 0 spiro atoms. The summed E-state index contributed by atoms with van der Waals surface area (Å²) in [4.78, 5) is 16.7. The first-order valence-electron chi connectivity index (χ1n) is 10.5.